The molecule has 84 valence electrons. The zero-order valence-electron chi connectivity index (χ0n) is 7.30. The molecule has 1 aliphatic heterocycles. The summed E-state index contributed by atoms with van der Waals surface area (Å²) in [4.78, 5) is 0. The van der Waals surface area contributed by atoms with Crippen LogP contribution in [0.3, 0.4) is 0 Å². The first-order valence-corrected chi connectivity index (χ1v) is 5.23. The largest absolute Gasteiger partial charge is 0.523 e. The smallest absolute Gasteiger partial charge is 0.349 e. The minimum Gasteiger partial charge on any atom is -0.349 e. The van der Waals surface area contributed by atoms with Crippen molar-refractivity contribution in [2.24, 2.45) is 0 Å². The van der Waals surface area contributed by atoms with Crippen LogP contribution in [0, 0.1) is 0 Å². The molecule has 0 bridgehead atoms. The van der Waals surface area contributed by atoms with Gasteiger partial charge in [0.2, 0.25) is 0 Å². The molecule has 0 amide bonds. The van der Waals surface area contributed by atoms with Crippen LogP contribution in [0.1, 0.15) is 19.8 Å². The van der Waals surface area contributed by atoms with Crippen LogP contribution in [0.5, 0.6) is 0 Å². The Hall–Kier alpha value is -0.340. The van der Waals surface area contributed by atoms with Gasteiger partial charge in [-0.2, -0.15) is 21.6 Å². The lowest BCUT2D eigenvalue weighted by Gasteiger charge is -2.23. The van der Waals surface area contributed by atoms with Crippen molar-refractivity contribution in [3.8, 4) is 0 Å². The lowest BCUT2D eigenvalue weighted by molar-refractivity contribution is -0.146. The lowest BCUT2D eigenvalue weighted by Crippen LogP contribution is -2.36. The molecule has 1 atom stereocenters. The van der Waals surface area contributed by atoms with E-state index in [2.05, 4.69) is 4.18 Å². The standard InChI is InChI=1S/C6H9F3O4S/c1-5(3-2-4-12-5)13-14(10,11)6(7,8)9/h2-4H2,1H3. The van der Waals surface area contributed by atoms with Gasteiger partial charge in [0.25, 0.3) is 0 Å². The summed E-state index contributed by atoms with van der Waals surface area (Å²) in [5.74, 6) is -1.67. The normalized spacial score (nSPS) is 29.4. The van der Waals surface area contributed by atoms with Gasteiger partial charge in [-0.05, 0) is 13.3 Å². The Morgan fingerprint density at radius 2 is 2.00 bits per heavy atom. The van der Waals surface area contributed by atoms with E-state index in [1.807, 2.05) is 0 Å². The van der Waals surface area contributed by atoms with Gasteiger partial charge in [-0.3, -0.25) is 0 Å². The molecule has 1 heterocycles. The molecule has 0 spiro atoms. The van der Waals surface area contributed by atoms with E-state index in [1.54, 1.807) is 0 Å². The third-order valence-electron chi connectivity index (χ3n) is 1.75. The van der Waals surface area contributed by atoms with Gasteiger partial charge in [-0.1, -0.05) is 0 Å². The zero-order chi connectivity index (χ0) is 11.0. The molecule has 1 aliphatic rings. The van der Waals surface area contributed by atoms with Crippen molar-refractivity contribution < 1.29 is 30.5 Å². The number of hydrogen-bond donors (Lipinski definition) is 0. The number of halogens is 3. The van der Waals surface area contributed by atoms with Gasteiger partial charge in [0.05, 0.1) is 6.61 Å². The zero-order valence-corrected chi connectivity index (χ0v) is 8.11. The van der Waals surface area contributed by atoms with E-state index in [0.717, 1.165) is 0 Å². The van der Waals surface area contributed by atoms with Crippen molar-refractivity contribution in [3.05, 3.63) is 0 Å². The fourth-order valence-corrected chi connectivity index (χ4v) is 1.79. The average molecular weight is 234 g/mol. The van der Waals surface area contributed by atoms with E-state index in [9.17, 15) is 21.6 Å². The van der Waals surface area contributed by atoms with Gasteiger partial charge >= 0.3 is 15.6 Å². The molecule has 14 heavy (non-hydrogen) atoms. The molecule has 1 rings (SSSR count). The van der Waals surface area contributed by atoms with Crippen molar-refractivity contribution in [1.82, 2.24) is 0 Å². The maximum atomic E-state index is 11.9. The van der Waals surface area contributed by atoms with E-state index in [-0.39, 0.29) is 13.0 Å². The molecule has 0 aromatic heterocycles. The molecule has 8 heteroatoms. The molecule has 0 radical (unpaired) electrons. The highest BCUT2D eigenvalue weighted by molar-refractivity contribution is 7.87. The number of ether oxygens (including phenoxy) is 1. The van der Waals surface area contributed by atoms with Crippen molar-refractivity contribution in [1.29, 1.82) is 0 Å². The molecule has 1 fully saturated rings. The van der Waals surface area contributed by atoms with Crippen LogP contribution < -0.4 is 0 Å². The molecule has 4 nitrogen and oxygen atoms in total. The van der Waals surface area contributed by atoms with Crippen LogP contribution in [0.25, 0.3) is 0 Å². The molecule has 0 saturated carbocycles. The van der Waals surface area contributed by atoms with Gasteiger partial charge in [0, 0.05) is 6.42 Å². The first kappa shape index (κ1) is 11.7. The third kappa shape index (κ3) is 2.37. The molecule has 1 unspecified atom stereocenters. The van der Waals surface area contributed by atoms with E-state index >= 15 is 0 Å². The summed E-state index contributed by atoms with van der Waals surface area (Å²) in [7, 11) is -5.56. The van der Waals surface area contributed by atoms with Gasteiger partial charge in [-0.25, -0.2) is 4.18 Å². The first-order chi connectivity index (χ1) is 6.16. The molecular formula is C6H9F3O4S. The minimum atomic E-state index is -5.56. The van der Waals surface area contributed by atoms with Crippen LogP contribution in [0.2, 0.25) is 0 Å². The van der Waals surface area contributed by atoms with Crippen molar-refractivity contribution in [2.45, 2.75) is 31.1 Å². The fourth-order valence-electron chi connectivity index (χ4n) is 1.10. The predicted octanol–water partition coefficient (Wildman–Crippen LogP) is 1.38. The van der Waals surface area contributed by atoms with Crippen LogP contribution in [0.15, 0.2) is 0 Å². The van der Waals surface area contributed by atoms with Crippen LogP contribution in [-0.4, -0.2) is 26.3 Å². The summed E-state index contributed by atoms with van der Waals surface area (Å²) < 4.78 is 65.6. The monoisotopic (exact) mass is 234 g/mol. The maximum absolute atomic E-state index is 11.9. The van der Waals surface area contributed by atoms with Gasteiger partial charge in [0.1, 0.15) is 0 Å². The average Bonchev–Trinajstić information content (AvgIpc) is 2.31. The van der Waals surface area contributed by atoms with Crippen molar-refractivity contribution >= 4 is 10.1 Å². The number of hydrogen-bond acceptors (Lipinski definition) is 4. The Bertz CT molecular complexity index is 302. The summed E-state index contributed by atoms with van der Waals surface area (Å²) in [6.45, 7) is 1.37. The van der Waals surface area contributed by atoms with Crippen LogP contribution >= 0.6 is 0 Å². The van der Waals surface area contributed by atoms with Crippen molar-refractivity contribution in [3.63, 3.8) is 0 Å². The Morgan fingerprint density at radius 1 is 1.43 bits per heavy atom. The maximum Gasteiger partial charge on any atom is 0.523 e. The Morgan fingerprint density at radius 3 is 2.36 bits per heavy atom. The topological polar surface area (TPSA) is 52.6 Å². The van der Waals surface area contributed by atoms with Crippen molar-refractivity contribution in [2.75, 3.05) is 6.61 Å². The quantitative estimate of drug-likeness (QED) is 0.535. The predicted molar refractivity (Wildman–Crippen MR) is 39.7 cm³/mol. The second-order valence-corrected chi connectivity index (χ2v) is 4.61. The van der Waals surface area contributed by atoms with E-state index in [4.69, 9.17) is 4.74 Å². The Kier molecular flexibility index (Phi) is 2.81. The summed E-state index contributed by atoms with van der Waals surface area (Å²) in [5, 5.41) is 0. The summed E-state index contributed by atoms with van der Waals surface area (Å²) in [5.41, 5.74) is -5.40. The highest BCUT2D eigenvalue weighted by Gasteiger charge is 2.52. The second kappa shape index (κ2) is 3.35. The third-order valence-corrected chi connectivity index (χ3v) is 2.89. The van der Waals surface area contributed by atoms with E-state index in [0.29, 0.717) is 6.42 Å². The lowest BCUT2D eigenvalue weighted by atomic mass is 10.2. The summed E-state index contributed by atoms with van der Waals surface area (Å²) in [6.07, 6.45) is 0.603. The fraction of sp³-hybridized carbons (Fsp3) is 1.00. The van der Waals surface area contributed by atoms with Gasteiger partial charge < -0.3 is 4.74 Å². The molecule has 0 N–H and O–H groups in total. The van der Waals surface area contributed by atoms with Crippen LogP contribution in [-0.2, 0) is 19.0 Å². The molecule has 0 aromatic rings. The first-order valence-electron chi connectivity index (χ1n) is 3.82. The number of rotatable bonds is 2. The van der Waals surface area contributed by atoms with Crippen LogP contribution in [0.4, 0.5) is 13.2 Å². The molecule has 1 saturated heterocycles. The Labute approximate surface area is 79.1 Å². The molecule has 0 aromatic carbocycles. The van der Waals surface area contributed by atoms with Gasteiger partial charge in [-0.15, -0.1) is 0 Å². The highest BCUT2D eigenvalue weighted by Crippen LogP contribution is 2.34. The molecule has 0 aliphatic carbocycles. The second-order valence-electron chi connectivity index (χ2n) is 3.07. The highest BCUT2D eigenvalue weighted by atomic mass is 32.2. The van der Waals surface area contributed by atoms with E-state index in [1.165, 1.54) is 6.92 Å². The minimum absolute atomic E-state index is 0.127. The van der Waals surface area contributed by atoms with E-state index < -0.39 is 21.4 Å². The SMILES string of the molecule is CC1(OS(=O)(=O)C(F)(F)F)CCCO1. The van der Waals surface area contributed by atoms with Gasteiger partial charge in [0.15, 0.2) is 5.79 Å². The Balaban J connectivity index is 2.78. The molecular weight excluding hydrogens is 225 g/mol. The summed E-state index contributed by atoms with van der Waals surface area (Å²) >= 11 is 0. The number of alkyl halides is 3. The summed E-state index contributed by atoms with van der Waals surface area (Å²) in [6, 6.07) is 0.